The number of nitro groups is 1. The summed E-state index contributed by atoms with van der Waals surface area (Å²) in [6.45, 7) is 1.81. The molecule has 0 spiro atoms. The van der Waals surface area contributed by atoms with Gasteiger partial charge in [-0.1, -0.05) is 18.2 Å². The lowest BCUT2D eigenvalue weighted by atomic mass is 9.83. The number of benzene rings is 2. The number of non-ortho nitro benzene ring substituents is 1. The molecule has 2 aliphatic heterocycles. The number of carbonyl (C=O) groups excluding carboxylic acids is 1. The second kappa shape index (κ2) is 12.1. The summed E-state index contributed by atoms with van der Waals surface area (Å²) in [6, 6.07) is 7.86. The predicted molar refractivity (Wildman–Crippen MR) is 141 cm³/mol. The van der Waals surface area contributed by atoms with E-state index in [9.17, 15) is 38.0 Å². The molecule has 0 bridgehead atoms. The van der Waals surface area contributed by atoms with Crippen molar-refractivity contribution in [3.05, 3.63) is 80.5 Å². The van der Waals surface area contributed by atoms with Gasteiger partial charge in [-0.05, 0) is 36.6 Å². The lowest BCUT2D eigenvalue weighted by molar-refractivity contribution is -0.384. The number of nitro benzene ring substituents is 1. The molecule has 2 atom stereocenters. The molecule has 0 amide bonds. The first-order chi connectivity index (χ1) is 19.9. The van der Waals surface area contributed by atoms with E-state index >= 15 is 0 Å². The van der Waals surface area contributed by atoms with Crippen LogP contribution < -0.4 is 9.47 Å². The Morgan fingerprint density at radius 2 is 1.88 bits per heavy atom. The zero-order valence-corrected chi connectivity index (χ0v) is 22.8. The number of halogens is 3. The molecular formula is C28H27F3N2O9. The molecule has 2 aromatic carbocycles. The van der Waals surface area contributed by atoms with Crippen molar-refractivity contribution in [3.63, 3.8) is 0 Å². The number of methoxy groups -OCH3 is 2. The van der Waals surface area contributed by atoms with Gasteiger partial charge in [-0.15, -0.1) is 0 Å². The van der Waals surface area contributed by atoms with Crippen LogP contribution in [0.2, 0.25) is 0 Å². The van der Waals surface area contributed by atoms with E-state index in [0.717, 1.165) is 24.1 Å². The van der Waals surface area contributed by atoms with E-state index in [-0.39, 0.29) is 24.6 Å². The van der Waals surface area contributed by atoms with Gasteiger partial charge in [0.2, 0.25) is 0 Å². The summed E-state index contributed by atoms with van der Waals surface area (Å²) in [5.41, 5.74) is -3.80. The number of aliphatic carboxylic acids is 1. The molecule has 1 saturated heterocycles. The van der Waals surface area contributed by atoms with Crippen LogP contribution in [0.4, 0.5) is 18.9 Å². The van der Waals surface area contributed by atoms with Gasteiger partial charge in [0.15, 0.2) is 11.5 Å². The van der Waals surface area contributed by atoms with Crippen molar-refractivity contribution in [1.82, 2.24) is 4.90 Å². The van der Waals surface area contributed by atoms with Crippen LogP contribution in [0, 0.1) is 10.1 Å². The van der Waals surface area contributed by atoms with Crippen molar-refractivity contribution in [1.29, 1.82) is 0 Å². The Bertz CT molecular complexity index is 1460. The van der Waals surface area contributed by atoms with Gasteiger partial charge in [0.1, 0.15) is 18.4 Å². The molecule has 0 radical (unpaired) electrons. The van der Waals surface area contributed by atoms with E-state index in [1.54, 1.807) is 18.2 Å². The first kappa shape index (κ1) is 30.4. The SMILES string of the molecule is COC(=O)C1=C(C(F)(F)F)N(CCc2ccc(OCC3CO3)c(OC)c2)C(C)C(C(=O)O)=C1c1cccc([N+](=O)[O-])c1. The van der Waals surface area contributed by atoms with E-state index in [2.05, 4.69) is 4.74 Å². The number of nitrogens with zero attached hydrogens (tertiary/aromatic N) is 2. The van der Waals surface area contributed by atoms with Crippen molar-refractivity contribution in [2.75, 3.05) is 34.0 Å². The van der Waals surface area contributed by atoms with Crippen molar-refractivity contribution >= 4 is 23.2 Å². The van der Waals surface area contributed by atoms with Gasteiger partial charge >= 0.3 is 18.1 Å². The molecule has 1 fully saturated rings. The quantitative estimate of drug-likeness (QED) is 0.175. The maximum atomic E-state index is 14.8. The van der Waals surface area contributed by atoms with Crippen LogP contribution >= 0.6 is 0 Å². The standard InChI is InChI=1S/C28H27F3N2O9/c1-15-22(26(34)35)23(17-5-4-6-18(12-17)33(37)38)24(27(36)40-3)25(28(29,30)31)32(15)10-9-16-7-8-20(21(11-16)39-2)42-14-19-13-41-19/h4-8,11-12,15,19H,9-10,13-14H2,1-3H3,(H,34,35). The minimum Gasteiger partial charge on any atom is -0.493 e. The van der Waals surface area contributed by atoms with Crippen LogP contribution in [0.5, 0.6) is 11.5 Å². The van der Waals surface area contributed by atoms with Crippen LogP contribution in [-0.2, 0) is 25.5 Å². The number of hydrogen-bond donors (Lipinski definition) is 1. The monoisotopic (exact) mass is 592 g/mol. The van der Waals surface area contributed by atoms with Gasteiger partial charge in [-0.2, -0.15) is 13.2 Å². The van der Waals surface area contributed by atoms with Crippen LogP contribution in [-0.4, -0.2) is 79.2 Å². The summed E-state index contributed by atoms with van der Waals surface area (Å²) in [6.07, 6.45) is -5.14. The number of epoxide rings is 1. The van der Waals surface area contributed by atoms with Crippen LogP contribution in [0.1, 0.15) is 18.1 Å². The van der Waals surface area contributed by atoms with E-state index in [1.807, 2.05) is 0 Å². The Labute approximate surface area is 237 Å². The maximum absolute atomic E-state index is 14.8. The summed E-state index contributed by atoms with van der Waals surface area (Å²) in [5, 5.41) is 21.5. The normalized spacial score (nSPS) is 18.6. The van der Waals surface area contributed by atoms with Crippen molar-refractivity contribution in [3.8, 4) is 11.5 Å². The largest absolute Gasteiger partial charge is 0.493 e. The number of carboxylic acid groups (broad SMARTS) is 1. The van der Waals surface area contributed by atoms with Crippen molar-refractivity contribution in [2.45, 2.75) is 31.7 Å². The Morgan fingerprint density at radius 3 is 2.45 bits per heavy atom. The highest BCUT2D eigenvalue weighted by Gasteiger charge is 2.49. The van der Waals surface area contributed by atoms with Crippen LogP contribution in [0.25, 0.3) is 5.57 Å². The maximum Gasteiger partial charge on any atom is 0.432 e. The average Bonchev–Trinajstić information content (AvgIpc) is 3.78. The number of allylic oxidation sites excluding steroid dienone is 1. The lowest BCUT2D eigenvalue weighted by Crippen LogP contribution is -2.46. The van der Waals surface area contributed by atoms with Crippen molar-refractivity contribution in [2.24, 2.45) is 0 Å². The highest BCUT2D eigenvalue weighted by Crippen LogP contribution is 2.45. The molecule has 42 heavy (non-hydrogen) atoms. The Balaban J connectivity index is 1.80. The molecular weight excluding hydrogens is 565 g/mol. The van der Waals surface area contributed by atoms with Gasteiger partial charge in [-0.3, -0.25) is 10.1 Å². The number of carboxylic acids is 1. The van der Waals surface area contributed by atoms with Gasteiger partial charge in [0.25, 0.3) is 5.69 Å². The fraction of sp³-hybridized carbons (Fsp3) is 0.357. The lowest BCUT2D eigenvalue weighted by Gasteiger charge is -2.40. The van der Waals surface area contributed by atoms with E-state index in [4.69, 9.17) is 14.2 Å². The first-order valence-electron chi connectivity index (χ1n) is 12.7. The summed E-state index contributed by atoms with van der Waals surface area (Å²) < 4.78 is 65.1. The predicted octanol–water partition coefficient (Wildman–Crippen LogP) is 4.16. The summed E-state index contributed by atoms with van der Waals surface area (Å²) in [4.78, 5) is 36.9. The van der Waals surface area contributed by atoms with Crippen LogP contribution in [0.15, 0.2) is 59.3 Å². The smallest absolute Gasteiger partial charge is 0.432 e. The van der Waals surface area contributed by atoms with Gasteiger partial charge in [-0.25, -0.2) is 9.59 Å². The Kier molecular flexibility index (Phi) is 8.75. The Hall–Kier alpha value is -4.59. The molecule has 0 aliphatic carbocycles. The molecule has 14 heteroatoms. The van der Waals surface area contributed by atoms with Gasteiger partial charge < -0.3 is 29.0 Å². The third-order valence-corrected chi connectivity index (χ3v) is 6.86. The number of esters is 1. The number of carbonyl (C=O) groups is 2. The average molecular weight is 593 g/mol. The topological polar surface area (TPSA) is 141 Å². The van der Waals surface area contributed by atoms with E-state index in [0.29, 0.717) is 30.3 Å². The van der Waals surface area contributed by atoms with Crippen LogP contribution in [0.3, 0.4) is 0 Å². The van der Waals surface area contributed by atoms with E-state index < -0.39 is 57.2 Å². The third kappa shape index (κ3) is 6.33. The summed E-state index contributed by atoms with van der Waals surface area (Å²) >= 11 is 0. The number of rotatable bonds is 11. The zero-order valence-electron chi connectivity index (χ0n) is 22.8. The summed E-state index contributed by atoms with van der Waals surface area (Å²) in [7, 11) is 2.28. The van der Waals surface area contributed by atoms with E-state index in [1.165, 1.54) is 26.2 Å². The fourth-order valence-electron chi connectivity index (χ4n) is 4.81. The zero-order chi connectivity index (χ0) is 30.8. The summed E-state index contributed by atoms with van der Waals surface area (Å²) in [5.74, 6) is -2.27. The molecule has 1 N–H and O–H groups in total. The highest BCUT2D eigenvalue weighted by atomic mass is 19.4. The third-order valence-electron chi connectivity index (χ3n) is 6.86. The number of ether oxygens (including phenoxy) is 4. The molecule has 2 unspecified atom stereocenters. The molecule has 0 aromatic heterocycles. The molecule has 2 aliphatic rings. The highest BCUT2D eigenvalue weighted by molar-refractivity contribution is 6.14. The fourth-order valence-corrected chi connectivity index (χ4v) is 4.81. The molecule has 224 valence electrons. The minimum atomic E-state index is -5.13. The molecule has 4 rings (SSSR count). The first-order valence-corrected chi connectivity index (χ1v) is 12.7. The molecule has 2 heterocycles. The molecule has 0 saturated carbocycles. The number of alkyl halides is 3. The molecule has 11 nitrogen and oxygen atoms in total. The van der Waals surface area contributed by atoms with Gasteiger partial charge in [0, 0.05) is 24.3 Å². The van der Waals surface area contributed by atoms with Crippen molar-refractivity contribution < 1.29 is 51.7 Å². The van der Waals surface area contributed by atoms with Gasteiger partial charge in [0.05, 0.1) is 42.9 Å². The number of hydrogen-bond acceptors (Lipinski definition) is 9. The minimum absolute atomic E-state index is 0.000208. The second-order valence-corrected chi connectivity index (χ2v) is 9.49. The second-order valence-electron chi connectivity index (χ2n) is 9.49. The molecule has 2 aromatic rings. The Morgan fingerprint density at radius 1 is 1.17 bits per heavy atom.